The summed E-state index contributed by atoms with van der Waals surface area (Å²) in [5, 5.41) is 1.64. The van der Waals surface area contributed by atoms with Gasteiger partial charge in [-0.1, -0.05) is 58.5 Å². The number of methoxy groups -OCH3 is 2. The van der Waals surface area contributed by atoms with Gasteiger partial charge in [-0.2, -0.15) is 0 Å². The third-order valence-corrected chi connectivity index (χ3v) is 14.7. The molecule has 2 N–H and O–H groups in total. The minimum absolute atomic E-state index is 0.0623. The molecule has 0 bridgehead atoms. The third kappa shape index (κ3) is 17.6. The molecule has 0 aliphatic carbocycles. The summed E-state index contributed by atoms with van der Waals surface area (Å²) in [5.74, 6) is -4.65. The molecule has 2 fully saturated rings. The van der Waals surface area contributed by atoms with Gasteiger partial charge in [-0.25, -0.2) is 9.59 Å². The van der Waals surface area contributed by atoms with E-state index in [4.69, 9.17) is 80.6 Å². The Morgan fingerprint density at radius 3 is 1.38 bits per heavy atom. The van der Waals surface area contributed by atoms with Gasteiger partial charge in [-0.05, 0) is 136 Å². The van der Waals surface area contributed by atoms with Crippen molar-refractivity contribution in [2.45, 2.75) is 125 Å². The van der Waals surface area contributed by atoms with Crippen LogP contribution in [0.15, 0.2) is 59.9 Å². The van der Waals surface area contributed by atoms with E-state index in [9.17, 15) is 38.4 Å². The Bertz CT molecular complexity index is 2670. The summed E-state index contributed by atoms with van der Waals surface area (Å²) in [6.07, 6.45) is 4.24. The molecule has 0 spiro atoms. The average molecular weight is 1210 g/mol. The summed E-state index contributed by atoms with van der Waals surface area (Å²) in [5.41, 5.74) is 2.54. The van der Waals surface area contributed by atoms with Crippen LogP contribution in [0.1, 0.15) is 112 Å². The van der Waals surface area contributed by atoms with Crippen LogP contribution >= 0.6 is 46.4 Å². The molecule has 4 amide bonds. The normalized spacial score (nSPS) is 20.4. The molecular weight excluding hydrogens is 1130 g/mol. The number of Topliss-reactive ketones (excluding diaryl/α,β-unsaturated/α-hetero) is 2. The van der Waals surface area contributed by atoms with Gasteiger partial charge in [-0.3, -0.25) is 24.0 Å². The van der Waals surface area contributed by atoms with Gasteiger partial charge in [0.1, 0.15) is 33.6 Å². The number of fused-ring (bicyclic) bond motifs is 2. The highest BCUT2D eigenvalue weighted by Crippen LogP contribution is 2.53. The van der Waals surface area contributed by atoms with Crippen molar-refractivity contribution in [2.75, 3.05) is 73.4 Å². The average Bonchev–Trinajstić information content (AvgIpc) is 3.88. The van der Waals surface area contributed by atoms with E-state index >= 15 is 0 Å². The summed E-state index contributed by atoms with van der Waals surface area (Å²) in [4.78, 5) is 112. The number of carbonyl (C=O) groups excluding carboxylic acids is 8. The standard InChI is InChI=1S/C29H38Cl2N2O7.C25H30Cl2N2O6.C4H11NO/c1-6-39-26(36)29-18-32(27(37)40-28(2,3)4)13-12-24(29)33(17-19-10-11-20(30)15-23(19)31)25(35)22(29)16-21(34)9-7-8-14-38-5;1-6-34-22(32)25-14-28(23(33)35-24(3,4)5)10-9-20(25)29(21(31)18(25)11-15(2)30)13-16-7-8-17(26)12-19(16)27;1-6-4-2-3-5/h10-12,15,22H,6-9,13-14,16-18H2,1-5H3;7-9,12,18H,6,10-11,13-14H2,1-5H3;2-5H2,1H3/t22-,29-;18-,25-;/m11./s1. The first-order valence-electron chi connectivity index (χ1n) is 27.0. The number of esters is 2. The number of unbranched alkanes of at least 4 members (excludes halogenated alkanes) is 1. The number of amides is 4. The molecule has 448 valence electrons. The van der Waals surface area contributed by atoms with Crippen LogP contribution in [0, 0.1) is 22.7 Å². The second kappa shape index (κ2) is 30.3. The first-order valence-corrected chi connectivity index (χ1v) is 28.5. The van der Waals surface area contributed by atoms with Crippen molar-refractivity contribution in [1.29, 1.82) is 0 Å². The van der Waals surface area contributed by atoms with E-state index in [1.807, 2.05) is 0 Å². The molecule has 0 unspecified atom stereocenters. The first-order chi connectivity index (χ1) is 38.0. The van der Waals surface area contributed by atoms with E-state index < -0.39 is 69.8 Å². The molecule has 2 aromatic rings. The molecule has 0 saturated carbocycles. The minimum atomic E-state index is -1.58. The fourth-order valence-electron chi connectivity index (χ4n) is 9.94. The SMILES string of the molecule is CCOC(=O)[C@@]12CN(C(=O)OC(C)(C)C)CC=C1N(Cc1ccc(Cl)cc1Cl)C(=O)[C@H]2CC(=O)CCCCOC.CCOC(=O)[C@@]12CN(C(=O)OC(C)(C)C)CC=C1N(Cc1ccc(Cl)cc1Cl)C(=O)[C@H]2CC(C)=O.COCCCN. The molecule has 6 rings (SSSR count). The molecule has 4 atom stereocenters. The highest BCUT2D eigenvalue weighted by atomic mass is 35.5. The summed E-state index contributed by atoms with van der Waals surface area (Å²) in [6, 6.07) is 9.91. The molecule has 0 radical (unpaired) electrons. The molecular formula is C58H79Cl4N5O14. The lowest BCUT2D eigenvalue weighted by molar-refractivity contribution is -0.159. The van der Waals surface area contributed by atoms with Crippen molar-refractivity contribution < 1.29 is 66.8 Å². The number of nitrogens with two attached hydrogens (primary N) is 1. The Hall–Kier alpha value is -5.28. The van der Waals surface area contributed by atoms with Gasteiger partial charge >= 0.3 is 24.1 Å². The van der Waals surface area contributed by atoms with Gasteiger partial charge in [0.05, 0.1) is 38.1 Å². The molecule has 23 heteroatoms. The number of likely N-dealkylation sites (tertiary alicyclic amines) is 2. The number of rotatable bonds is 20. The summed E-state index contributed by atoms with van der Waals surface area (Å²) in [7, 11) is 3.27. The number of hydrogen-bond donors (Lipinski definition) is 1. The number of hydrogen-bond acceptors (Lipinski definition) is 15. The van der Waals surface area contributed by atoms with E-state index in [1.165, 1.54) is 26.5 Å². The number of ketones is 2. The fourth-order valence-corrected chi connectivity index (χ4v) is 10.9. The first kappa shape index (κ1) is 68.2. The second-order valence-electron chi connectivity index (χ2n) is 21.9. The molecule has 2 aromatic carbocycles. The molecule has 19 nitrogen and oxygen atoms in total. The van der Waals surface area contributed by atoms with Gasteiger partial charge in [-0.15, -0.1) is 0 Å². The Labute approximate surface area is 495 Å². The van der Waals surface area contributed by atoms with Crippen LogP contribution in [0.25, 0.3) is 0 Å². The van der Waals surface area contributed by atoms with Gasteiger partial charge in [0, 0.05) is 104 Å². The quantitative estimate of drug-likeness (QED) is 0.0738. The van der Waals surface area contributed by atoms with Crippen LogP contribution in [0.5, 0.6) is 0 Å². The van der Waals surface area contributed by atoms with Crippen LogP contribution in [0.2, 0.25) is 20.1 Å². The lowest BCUT2D eigenvalue weighted by Gasteiger charge is -2.40. The summed E-state index contributed by atoms with van der Waals surface area (Å²) >= 11 is 24.9. The van der Waals surface area contributed by atoms with Crippen molar-refractivity contribution in [3.63, 3.8) is 0 Å². The zero-order chi connectivity index (χ0) is 60.6. The zero-order valence-electron chi connectivity index (χ0n) is 48.4. The highest BCUT2D eigenvalue weighted by Gasteiger charge is 2.65. The Morgan fingerprint density at radius 1 is 0.630 bits per heavy atom. The fraction of sp³-hybridized carbons (Fsp3) is 0.586. The van der Waals surface area contributed by atoms with Gasteiger partial charge in [0.15, 0.2) is 0 Å². The van der Waals surface area contributed by atoms with Crippen LogP contribution in [0.4, 0.5) is 9.59 Å². The van der Waals surface area contributed by atoms with E-state index in [0.29, 0.717) is 62.1 Å². The molecule has 0 aromatic heterocycles. The number of benzene rings is 2. The molecule has 4 aliphatic rings. The summed E-state index contributed by atoms with van der Waals surface area (Å²) in [6.45, 7) is 17.4. The van der Waals surface area contributed by atoms with Crippen molar-refractivity contribution in [3.8, 4) is 0 Å². The number of halogens is 4. The lowest BCUT2D eigenvalue weighted by atomic mass is 9.71. The molecule has 4 aliphatic heterocycles. The van der Waals surface area contributed by atoms with Crippen LogP contribution in [-0.2, 0) is 70.3 Å². The predicted octanol–water partition coefficient (Wildman–Crippen LogP) is 10.0. The van der Waals surface area contributed by atoms with E-state index in [2.05, 4.69) is 0 Å². The maximum Gasteiger partial charge on any atom is 0.410 e. The predicted molar refractivity (Wildman–Crippen MR) is 307 cm³/mol. The number of carbonyl (C=O) groups is 8. The summed E-state index contributed by atoms with van der Waals surface area (Å²) < 4.78 is 31.8. The van der Waals surface area contributed by atoms with Crippen molar-refractivity contribution in [3.05, 3.63) is 91.2 Å². The van der Waals surface area contributed by atoms with Gasteiger partial charge < -0.3 is 58.5 Å². The van der Waals surface area contributed by atoms with E-state index in [-0.39, 0.29) is 83.3 Å². The van der Waals surface area contributed by atoms with Crippen LogP contribution in [-0.4, -0.2) is 152 Å². The topological polar surface area (TPSA) is 231 Å². The van der Waals surface area contributed by atoms with Crippen molar-refractivity contribution in [1.82, 2.24) is 19.6 Å². The molecule has 4 heterocycles. The number of ether oxygens (including phenoxy) is 6. The Morgan fingerprint density at radius 2 is 1.04 bits per heavy atom. The van der Waals surface area contributed by atoms with Crippen LogP contribution < -0.4 is 5.73 Å². The van der Waals surface area contributed by atoms with Crippen molar-refractivity contribution >= 4 is 93.9 Å². The maximum absolute atomic E-state index is 14.1. The lowest BCUT2D eigenvalue weighted by Crippen LogP contribution is -2.54. The van der Waals surface area contributed by atoms with E-state index in [1.54, 1.807) is 118 Å². The Kier molecular flexibility index (Phi) is 25.5. The number of nitrogens with zero attached hydrogens (tertiary/aromatic N) is 4. The maximum atomic E-state index is 14.1. The third-order valence-electron chi connectivity index (χ3n) is 13.5. The monoisotopic (exact) mass is 1210 g/mol. The molecule has 2 saturated heterocycles. The smallest absolute Gasteiger partial charge is 0.410 e. The molecule has 81 heavy (non-hydrogen) atoms. The van der Waals surface area contributed by atoms with Gasteiger partial charge in [0.2, 0.25) is 11.8 Å². The van der Waals surface area contributed by atoms with Crippen molar-refractivity contribution in [2.24, 2.45) is 28.4 Å². The largest absolute Gasteiger partial charge is 0.465 e. The highest BCUT2D eigenvalue weighted by molar-refractivity contribution is 6.35. The van der Waals surface area contributed by atoms with Crippen LogP contribution in [0.3, 0.4) is 0 Å². The van der Waals surface area contributed by atoms with Gasteiger partial charge in [0.25, 0.3) is 0 Å². The van der Waals surface area contributed by atoms with E-state index in [0.717, 1.165) is 19.6 Å². The second-order valence-corrected chi connectivity index (χ2v) is 23.6. The zero-order valence-corrected chi connectivity index (χ0v) is 51.4. The minimum Gasteiger partial charge on any atom is -0.465 e. The Balaban J connectivity index is 0.000000318.